The van der Waals surface area contributed by atoms with Crippen LogP contribution in [0.2, 0.25) is 0 Å². The Kier molecular flexibility index (Phi) is 7.42. The predicted molar refractivity (Wildman–Crippen MR) is 101 cm³/mol. The number of benzene rings is 2. The summed E-state index contributed by atoms with van der Waals surface area (Å²) in [5.41, 5.74) is -0.504. The van der Waals surface area contributed by atoms with Crippen LogP contribution in [0.25, 0.3) is 0 Å². The van der Waals surface area contributed by atoms with E-state index in [0.717, 1.165) is 12.1 Å². The minimum absolute atomic E-state index is 0.108. The van der Waals surface area contributed by atoms with E-state index in [1.54, 1.807) is 13.0 Å². The molecule has 0 aliphatic rings. The zero-order valence-electron chi connectivity index (χ0n) is 16.3. The third-order valence-electron chi connectivity index (χ3n) is 4.65. The van der Waals surface area contributed by atoms with E-state index in [1.165, 1.54) is 19.2 Å². The fraction of sp³-hybridized carbons (Fsp3) is 0.333. The highest BCUT2D eigenvalue weighted by Gasteiger charge is 2.31. The van der Waals surface area contributed by atoms with Gasteiger partial charge < -0.3 is 15.2 Å². The van der Waals surface area contributed by atoms with Gasteiger partial charge >= 0.3 is 12.1 Å². The summed E-state index contributed by atoms with van der Waals surface area (Å²) in [5, 5.41) is 11.7. The lowest BCUT2D eigenvalue weighted by atomic mass is 9.95. The van der Waals surface area contributed by atoms with E-state index < -0.39 is 35.4 Å². The molecule has 0 aliphatic heterocycles. The Morgan fingerprint density at radius 3 is 2.40 bits per heavy atom. The highest BCUT2D eigenvalue weighted by molar-refractivity contribution is 5.97. The number of hydrogen-bond acceptors (Lipinski definition) is 3. The molecule has 0 saturated heterocycles. The molecule has 2 N–H and O–H groups in total. The predicted octanol–water partition coefficient (Wildman–Crippen LogP) is 4.44. The SMILES string of the molecule is CC[C@@H](Cc1ccc(OC)c(C(=O)NCc2ccc(C(F)(F)F)cc2F)c1)C(=O)O. The van der Waals surface area contributed by atoms with Gasteiger partial charge in [-0.25, -0.2) is 4.39 Å². The number of halogens is 4. The molecule has 0 spiro atoms. The van der Waals surface area contributed by atoms with Crippen LogP contribution in [0, 0.1) is 11.7 Å². The number of amides is 1. The van der Waals surface area contributed by atoms with Gasteiger partial charge in [0.25, 0.3) is 5.91 Å². The first-order valence-electron chi connectivity index (χ1n) is 9.10. The zero-order valence-corrected chi connectivity index (χ0v) is 16.3. The van der Waals surface area contributed by atoms with Crippen molar-refractivity contribution in [2.45, 2.75) is 32.5 Å². The molecular weight excluding hydrogens is 406 g/mol. The van der Waals surface area contributed by atoms with Gasteiger partial charge in [0.2, 0.25) is 0 Å². The van der Waals surface area contributed by atoms with Gasteiger partial charge in [-0.2, -0.15) is 13.2 Å². The largest absolute Gasteiger partial charge is 0.496 e. The highest BCUT2D eigenvalue weighted by Crippen LogP contribution is 2.30. The van der Waals surface area contributed by atoms with Crippen LogP contribution < -0.4 is 10.1 Å². The number of carbonyl (C=O) groups is 2. The summed E-state index contributed by atoms with van der Waals surface area (Å²) < 4.78 is 57.0. The first-order valence-corrected chi connectivity index (χ1v) is 9.10. The Balaban J connectivity index is 2.18. The number of ether oxygens (including phenoxy) is 1. The first-order chi connectivity index (χ1) is 14.1. The average Bonchev–Trinajstić information content (AvgIpc) is 2.69. The molecule has 5 nitrogen and oxygen atoms in total. The van der Waals surface area contributed by atoms with Crippen LogP contribution in [0.5, 0.6) is 5.75 Å². The van der Waals surface area contributed by atoms with Crippen LogP contribution >= 0.6 is 0 Å². The van der Waals surface area contributed by atoms with Gasteiger partial charge in [-0.1, -0.05) is 19.1 Å². The Morgan fingerprint density at radius 2 is 1.87 bits per heavy atom. The molecule has 9 heteroatoms. The maximum Gasteiger partial charge on any atom is 0.416 e. The lowest BCUT2D eigenvalue weighted by Crippen LogP contribution is -2.24. The van der Waals surface area contributed by atoms with Crippen LogP contribution in [0.1, 0.15) is 40.4 Å². The average molecular weight is 427 g/mol. The van der Waals surface area contributed by atoms with Gasteiger partial charge in [-0.05, 0) is 42.7 Å². The van der Waals surface area contributed by atoms with Crippen LogP contribution in [0.15, 0.2) is 36.4 Å². The summed E-state index contributed by atoms with van der Waals surface area (Å²) in [6, 6.07) is 6.74. The number of carbonyl (C=O) groups excluding carboxylic acids is 1. The third kappa shape index (κ3) is 5.71. The number of carboxylic acid groups (broad SMARTS) is 1. The number of hydrogen-bond donors (Lipinski definition) is 2. The minimum atomic E-state index is -4.66. The molecule has 2 aromatic carbocycles. The Labute approximate surface area is 170 Å². The maximum absolute atomic E-state index is 14.0. The summed E-state index contributed by atoms with van der Waals surface area (Å²) in [4.78, 5) is 23.8. The Morgan fingerprint density at radius 1 is 1.17 bits per heavy atom. The fourth-order valence-electron chi connectivity index (χ4n) is 2.89. The van der Waals surface area contributed by atoms with Gasteiger partial charge in [-0.15, -0.1) is 0 Å². The van der Waals surface area contributed by atoms with Crippen molar-refractivity contribution in [3.05, 3.63) is 64.5 Å². The molecule has 0 bridgehead atoms. The van der Waals surface area contributed by atoms with Crippen molar-refractivity contribution in [2.24, 2.45) is 5.92 Å². The third-order valence-corrected chi connectivity index (χ3v) is 4.65. The van der Waals surface area contributed by atoms with Crippen molar-refractivity contribution in [1.29, 1.82) is 0 Å². The van der Waals surface area contributed by atoms with Gasteiger partial charge in [-0.3, -0.25) is 9.59 Å². The number of alkyl halides is 3. The van der Waals surface area contributed by atoms with Crippen molar-refractivity contribution in [1.82, 2.24) is 5.32 Å². The van der Waals surface area contributed by atoms with Gasteiger partial charge in [0.1, 0.15) is 11.6 Å². The van der Waals surface area contributed by atoms with Gasteiger partial charge in [0.15, 0.2) is 0 Å². The smallest absolute Gasteiger partial charge is 0.416 e. The van der Waals surface area contributed by atoms with E-state index >= 15 is 0 Å². The molecule has 0 aromatic heterocycles. The number of rotatable bonds is 8. The number of nitrogens with one attached hydrogen (secondary N) is 1. The van der Waals surface area contributed by atoms with E-state index in [4.69, 9.17) is 4.74 Å². The summed E-state index contributed by atoms with van der Waals surface area (Å²) >= 11 is 0. The van der Waals surface area contributed by atoms with Crippen LogP contribution in [-0.2, 0) is 23.9 Å². The molecule has 1 amide bonds. The molecule has 0 fully saturated rings. The molecule has 0 radical (unpaired) electrons. The van der Waals surface area contributed by atoms with E-state index in [-0.39, 0.29) is 29.8 Å². The standard InChI is InChI=1S/C21H21F4NO4/c1-3-13(20(28)29)8-12-4-7-18(30-2)16(9-12)19(27)26-11-14-5-6-15(10-17(14)22)21(23,24)25/h4-7,9-10,13H,3,8,11H2,1-2H3,(H,26,27)(H,28,29)/t13-/m0/s1. The van der Waals surface area contributed by atoms with Crippen LogP contribution in [-0.4, -0.2) is 24.1 Å². The summed E-state index contributed by atoms with van der Waals surface area (Å²) in [6.07, 6.45) is -4.04. The van der Waals surface area contributed by atoms with Gasteiger partial charge in [0.05, 0.1) is 24.2 Å². The molecule has 0 saturated carbocycles. The van der Waals surface area contributed by atoms with Crippen molar-refractivity contribution in [3.63, 3.8) is 0 Å². The van der Waals surface area contributed by atoms with Crippen LogP contribution in [0.4, 0.5) is 17.6 Å². The van der Waals surface area contributed by atoms with E-state index in [0.29, 0.717) is 18.1 Å². The van der Waals surface area contributed by atoms with Crippen molar-refractivity contribution >= 4 is 11.9 Å². The number of carboxylic acids is 1. The minimum Gasteiger partial charge on any atom is -0.496 e. The second-order valence-electron chi connectivity index (χ2n) is 6.67. The van der Waals surface area contributed by atoms with E-state index in [9.17, 15) is 32.3 Å². The van der Waals surface area contributed by atoms with E-state index in [1.807, 2.05) is 0 Å². The zero-order chi connectivity index (χ0) is 22.5. The topological polar surface area (TPSA) is 75.6 Å². The second-order valence-corrected chi connectivity index (χ2v) is 6.67. The molecule has 162 valence electrons. The Hall–Kier alpha value is -3.10. The fourth-order valence-corrected chi connectivity index (χ4v) is 2.89. The molecule has 2 rings (SSSR count). The van der Waals surface area contributed by atoms with Gasteiger partial charge in [0, 0.05) is 12.1 Å². The molecule has 0 unspecified atom stereocenters. The summed E-state index contributed by atoms with van der Waals surface area (Å²) in [6.45, 7) is 1.41. The highest BCUT2D eigenvalue weighted by atomic mass is 19.4. The molecule has 0 heterocycles. The molecule has 1 atom stereocenters. The monoisotopic (exact) mass is 427 g/mol. The molecule has 2 aromatic rings. The lowest BCUT2D eigenvalue weighted by Gasteiger charge is -2.14. The molecule has 0 aliphatic carbocycles. The lowest BCUT2D eigenvalue weighted by molar-refractivity contribution is -0.141. The Bertz CT molecular complexity index is 928. The quantitative estimate of drug-likeness (QED) is 0.611. The van der Waals surface area contributed by atoms with Crippen molar-refractivity contribution < 1.29 is 37.0 Å². The van der Waals surface area contributed by atoms with Crippen molar-refractivity contribution in [2.75, 3.05) is 7.11 Å². The summed E-state index contributed by atoms with van der Waals surface area (Å²) in [7, 11) is 1.35. The maximum atomic E-state index is 14.0. The number of methoxy groups -OCH3 is 1. The first kappa shape index (κ1) is 23.2. The second kappa shape index (κ2) is 9.60. The van der Waals surface area contributed by atoms with Crippen molar-refractivity contribution in [3.8, 4) is 5.75 Å². The number of aliphatic carboxylic acids is 1. The normalized spacial score (nSPS) is 12.3. The van der Waals surface area contributed by atoms with E-state index in [2.05, 4.69) is 5.32 Å². The molecule has 30 heavy (non-hydrogen) atoms. The summed E-state index contributed by atoms with van der Waals surface area (Å²) in [5.74, 6) is -3.05. The van der Waals surface area contributed by atoms with Crippen LogP contribution in [0.3, 0.4) is 0 Å². The molecular formula is C21H21F4NO4.